The Morgan fingerprint density at radius 1 is 1.61 bits per heavy atom. The van der Waals surface area contributed by atoms with Crippen LogP contribution in [0.15, 0.2) is 29.5 Å². The Kier molecular flexibility index (Phi) is 6.56. The minimum absolute atomic E-state index is 0.0911. The first-order valence-corrected chi connectivity index (χ1v) is 6.38. The van der Waals surface area contributed by atoms with Gasteiger partial charge in [0.15, 0.2) is 0 Å². The Morgan fingerprint density at radius 3 is 2.61 bits per heavy atom. The maximum atomic E-state index is 11.7. The fourth-order valence-corrected chi connectivity index (χ4v) is 2.03. The van der Waals surface area contributed by atoms with Gasteiger partial charge in [-0.2, -0.15) is 18.4 Å². The molecule has 0 radical (unpaired) electrons. The molecule has 0 saturated carbocycles. The molecule has 0 aliphatic heterocycles. The van der Waals surface area contributed by atoms with Crippen LogP contribution in [0.1, 0.15) is 13.8 Å². The molecule has 98 valence electrons. The molecule has 0 aromatic heterocycles. The van der Waals surface area contributed by atoms with E-state index < -0.39 is 16.1 Å². The molecule has 0 aliphatic carbocycles. The average Bonchev–Trinajstić information content (AvgIpc) is 2.28. The van der Waals surface area contributed by atoms with Crippen LogP contribution in [0.3, 0.4) is 0 Å². The highest BCUT2D eigenvalue weighted by molar-refractivity contribution is 7.87. The monoisotopic (exact) mass is 270 g/mol. The minimum atomic E-state index is -3.98. The number of nitrogens with zero attached hydrogens (tertiary/aromatic N) is 3. The van der Waals surface area contributed by atoms with Gasteiger partial charge in [0.05, 0.1) is 5.57 Å². The number of allylic oxidation sites excluding steroid dienone is 1. The van der Waals surface area contributed by atoms with Crippen LogP contribution in [-0.2, 0) is 15.0 Å². The van der Waals surface area contributed by atoms with Crippen LogP contribution in [0, 0.1) is 11.3 Å². The molecule has 0 spiro atoms. The number of hydrogen-bond acceptors (Lipinski definition) is 5. The highest BCUT2D eigenvalue weighted by Crippen LogP contribution is 2.03. The van der Waals surface area contributed by atoms with E-state index in [1.807, 2.05) is 0 Å². The van der Waals surface area contributed by atoms with Crippen molar-refractivity contribution in [2.45, 2.75) is 13.8 Å². The topological polar surface area (TPSA) is 103 Å². The molecule has 1 N–H and O–H groups in total. The second kappa shape index (κ2) is 7.37. The van der Waals surface area contributed by atoms with E-state index in [1.54, 1.807) is 13.0 Å². The SMILES string of the molecule is C=CN=C/C(C#N)=C\N(C(C)=O)S(=O)(=O)NCC. The molecule has 0 aliphatic rings. The molecule has 0 heterocycles. The molecule has 1 amide bonds. The summed E-state index contributed by atoms with van der Waals surface area (Å²) in [5, 5.41) is 8.78. The summed E-state index contributed by atoms with van der Waals surface area (Å²) in [5.41, 5.74) is -0.0911. The van der Waals surface area contributed by atoms with Gasteiger partial charge in [-0.1, -0.05) is 13.5 Å². The smallest absolute Gasteiger partial charge is 0.274 e. The number of rotatable bonds is 6. The van der Waals surface area contributed by atoms with Gasteiger partial charge in [-0.3, -0.25) is 9.79 Å². The lowest BCUT2D eigenvalue weighted by atomic mass is 10.3. The summed E-state index contributed by atoms with van der Waals surface area (Å²) in [6, 6.07) is 1.71. The predicted octanol–water partition coefficient (Wildman–Crippen LogP) is 0.311. The number of nitrogens with one attached hydrogen (secondary N) is 1. The van der Waals surface area contributed by atoms with Gasteiger partial charge in [0.2, 0.25) is 5.91 Å². The maximum absolute atomic E-state index is 11.7. The lowest BCUT2D eigenvalue weighted by molar-refractivity contribution is -0.122. The van der Waals surface area contributed by atoms with Crippen LogP contribution in [0.2, 0.25) is 0 Å². The molecular weight excluding hydrogens is 256 g/mol. The summed E-state index contributed by atoms with van der Waals surface area (Å²) in [4.78, 5) is 14.9. The Bertz CT molecular complexity index is 514. The van der Waals surface area contributed by atoms with E-state index in [4.69, 9.17) is 5.26 Å². The Labute approximate surface area is 106 Å². The number of amides is 1. The number of carbonyl (C=O) groups is 1. The van der Waals surface area contributed by atoms with E-state index in [0.29, 0.717) is 4.31 Å². The fourth-order valence-electron chi connectivity index (χ4n) is 0.932. The average molecular weight is 270 g/mol. The van der Waals surface area contributed by atoms with Crippen molar-refractivity contribution >= 4 is 22.3 Å². The molecule has 7 nitrogen and oxygen atoms in total. The fraction of sp³-hybridized carbons (Fsp3) is 0.300. The highest BCUT2D eigenvalue weighted by atomic mass is 32.2. The van der Waals surface area contributed by atoms with Gasteiger partial charge in [0.1, 0.15) is 6.07 Å². The molecule has 0 aromatic rings. The standard InChI is InChI=1S/C10H14N4O3S/c1-4-12-7-10(6-11)8-14(9(3)15)18(16,17)13-5-2/h4,7-8,13H,1,5H2,2-3H3/b10-8-,12-7?. The van der Waals surface area contributed by atoms with Crippen LogP contribution in [0.5, 0.6) is 0 Å². The second-order valence-corrected chi connectivity index (χ2v) is 4.61. The summed E-state index contributed by atoms with van der Waals surface area (Å²) in [6.07, 6.45) is 3.18. The zero-order chi connectivity index (χ0) is 14.2. The van der Waals surface area contributed by atoms with E-state index in [-0.39, 0.29) is 12.1 Å². The first-order chi connectivity index (χ1) is 8.38. The third-order valence-corrected chi connectivity index (χ3v) is 3.13. The first kappa shape index (κ1) is 16.0. The van der Waals surface area contributed by atoms with Gasteiger partial charge >= 0.3 is 10.2 Å². The van der Waals surface area contributed by atoms with Gasteiger partial charge in [-0.05, 0) is 0 Å². The maximum Gasteiger partial charge on any atom is 0.307 e. The van der Waals surface area contributed by atoms with Crippen molar-refractivity contribution in [1.29, 1.82) is 5.26 Å². The summed E-state index contributed by atoms with van der Waals surface area (Å²) < 4.78 is 25.9. The van der Waals surface area contributed by atoms with Crippen LogP contribution in [-0.4, -0.2) is 31.4 Å². The summed E-state index contributed by atoms with van der Waals surface area (Å²) >= 11 is 0. The molecule has 18 heavy (non-hydrogen) atoms. The normalized spacial score (nSPS) is 12.2. The van der Waals surface area contributed by atoms with Gasteiger partial charge in [-0.15, -0.1) is 0 Å². The van der Waals surface area contributed by atoms with Crippen molar-refractivity contribution in [2.75, 3.05) is 6.54 Å². The van der Waals surface area contributed by atoms with Crippen LogP contribution in [0.4, 0.5) is 0 Å². The van der Waals surface area contributed by atoms with Crippen LogP contribution < -0.4 is 4.72 Å². The summed E-state index contributed by atoms with van der Waals surface area (Å²) in [5.74, 6) is -0.740. The molecule has 0 unspecified atom stereocenters. The quantitative estimate of drug-likeness (QED) is 0.554. The van der Waals surface area contributed by atoms with Crippen molar-refractivity contribution in [3.05, 3.63) is 24.6 Å². The molecule has 0 bridgehead atoms. The van der Waals surface area contributed by atoms with E-state index in [0.717, 1.165) is 19.3 Å². The van der Waals surface area contributed by atoms with E-state index in [2.05, 4.69) is 16.3 Å². The largest absolute Gasteiger partial charge is 0.307 e. The van der Waals surface area contributed by atoms with Gasteiger partial charge in [0.25, 0.3) is 0 Å². The van der Waals surface area contributed by atoms with Crippen LogP contribution >= 0.6 is 0 Å². The van der Waals surface area contributed by atoms with Crippen molar-refractivity contribution in [3.63, 3.8) is 0 Å². The highest BCUT2D eigenvalue weighted by Gasteiger charge is 2.22. The molecule has 0 atom stereocenters. The predicted molar refractivity (Wildman–Crippen MR) is 67.5 cm³/mol. The van der Waals surface area contributed by atoms with Gasteiger partial charge in [0, 0.05) is 32.1 Å². The zero-order valence-corrected chi connectivity index (χ0v) is 10.9. The van der Waals surface area contributed by atoms with Gasteiger partial charge in [-0.25, -0.2) is 4.31 Å². The Hall–Kier alpha value is -1.98. The van der Waals surface area contributed by atoms with Crippen molar-refractivity contribution in [2.24, 2.45) is 4.99 Å². The summed E-state index contributed by atoms with van der Waals surface area (Å²) in [6.45, 7) is 6.09. The van der Waals surface area contributed by atoms with E-state index in [9.17, 15) is 13.2 Å². The number of nitriles is 1. The lowest BCUT2D eigenvalue weighted by Crippen LogP contribution is -2.40. The zero-order valence-electron chi connectivity index (χ0n) is 10.1. The number of carbonyl (C=O) groups excluding carboxylic acids is 1. The van der Waals surface area contributed by atoms with Gasteiger partial charge < -0.3 is 0 Å². The first-order valence-electron chi connectivity index (χ1n) is 4.94. The molecule has 0 rings (SSSR count). The number of hydrogen-bond donors (Lipinski definition) is 1. The Morgan fingerprint density at radius 2 is 2.22 bits per heavy atom. The molecule has 0 fully saturated rings. The lowest BCUT2D eigenvalue weighted by Gasteiger charge is -2.16. The van der Waals surface area contributed by atoms with Crippen molar-refractivity contribution in [1.82, 2.24) is 9.03 Å². The second-order valence-electron chi connectivity index (χ2n) is 2.97. The van der Waals surface area contributed by atoms with Crippen LogP contribution in [0.25, 0.3) is 0 Å². The summed E-state index contributed by atoms with van der Waals surface area (Å²) in [7, 11) is -3.98. The Balaban J connectivity index is 5.47. The number of aliphatic imine (C=N–C) groups is 1. The molecule has 8 heteroatoms. The third-order valence-electron chi connectivity index (χ3n) is 1.60. The van der Waals surface area contributed by atoms with Crippen molar-refractivity contribution in [3.8, 4) is 6.07 Å². The van der Waals surface area contributed by atoms with E-state index in [1.165, 1.54) is 6.20 Å². The molecule has 0 aromatic carbocycles. The third kappa shape index (κ3) is 4.90. The molecule has 0 saturated heterocycles. The van der Waals surface area contributed by atoms with Crippen molar-refractivity contribution < 1.29 is 13.2 Å². The minimum Gasteiger partial charge on any atom is -0.274 e. The molecular formula is C10H14N4O3S. The van der Waals surface area contributed by atoms with E-state index >= 15 is 0 Å².